The van der Waals surface area contributed by atoms with Crippen molar-refractivity contribution in [3.63, 3.8) is 0 Å². The minimum atomic E-state index is 0.774. The second-order valence-corrected chi connectivity index (χ2v) is 4.41. The molecule has 0 amide bonds. The first-order chi connectivity index (χ1) is 6.31. The van der Waals surface area contributed by atoms with Crippen LogP contribution in [0.25, 0.3) is 0 Å². The van der Waals surface area contributed by atoms with Crippen LogP contribution in [0.1, 0.15) is 59.3 Å². The highest BCUT2D eigenvalue weighted by atomic mass is 15.0. The Bertz CT molecular complexity index is 129. The van der Waals surface area contributed by atoms with Gasteiger partial charge in [-0.25, -0.2) is 0 Å². The van der Waals surface area contributed by atoms with Crippen LogP contribution >= 0.6 is 0 Å². The highest BCUT2D eigenvalue weighted by Gasteiger charge is 2.30. The van der Waals surface area contributed by atoms with Gasteiger partial charge in [-0.3, -0.25) is 0 Å². The SMILES string of the molecule is CCCC(CC)NC(CC)C1CC1. The summed E-state index contributed by atoms with van der Waals surface area (Å²) in [7, 11) is 0. The molecule has 1 fully saturated rings. The van der Waals surface area contributed by atoms with E-state index >= 15 is 0 Å². The second kappa shape index (κ2) is 5.64. The molecule has 0 aromatic carbocycles. The molecule has 1 rings (SSSR count). The maximum absolute atomic E-state index is 3.82. The number of hydrogen-bond acceptors (Lipinski definition) is 1. The molecule has 0 aromatic heterocycles. The van der Waals surface area contributed by atoms with Crippen molar-refractivity contribution >= 4 is 0 Å². The largest absolute Gasteiger partial charge is 0.311 e. The van der Waals surface area contributed by atoms with E-state index in [4.69, 9.17) is 0 Å². The van der Waals surface area contributed by atoms with E-state index in [9.17, 15) is 0 Å². The van der Waals surface area contributed by atoms with E-state index in [2.05, 4.69) is 26.1 Å². The van der Waals surface area contributed by atoms with Crippen molar-refractivity contribution in [2.45, 2.75) is 71.4 Å². The van der Waals surface area contributed by atoms with Crippen LogP contribution in [-0.2, 0) is 0 Å². The summed E-state index contributed by atoms with van der Waals surface area (Å²) >= 11 is 0. The Morgan fingerprint density at radius 1 is 1.15 bits per heavy atom. The summed E-state index contributed by atoms with van der Waals surface area (Å²) in [5.41, 5.74) is 0. The molecule has 1 aliphatic carbocycles. The summed E-state index contributed by atoms with van der Waals surface area (Å²) < 4.78 is 0. The highest BCUT2D eigenvalue weighted by molar-refractivity contribution is 4.87. The highest BCUT2D eigenvalue weighted by Crippen LogP contribution is 2.34. The van der Waals surface area contributed by atoms with Crippen LogP contribution in [0.5, 0.6) is 0 Å². The Balaban J connectivity index is 2.24. The molecule has 1 heteroatoms. The van der Waals surface area contributed by atoms with E-state index in [1.54, 1.807) is 0 Å². The Hall–Kier alpha value is -0.0400. The summed E-state index contributed by atoms with van der Waals surface area (Å²) in [6, 6.07) is 1.59. The molecule has 1 saturated carbocycles. The molecule has 1 aliphatic rings. The van der Waals surface area contributed by atoms with Crippen LogP contribution in [0.4, 0.5) is 0 Å². The van der Waals surface area contributed by atoms with E-state index in [1.807, 2.05) is 0 Å². The topological polar surface area (TPSA) is 12.0 Å². The first-order valence-corrected chi connectivity index (χ1v) is 6.07. The van der Waals surface area contributed by atoms with E-state index in [1.165, 1.54) is 38.5 Å². The first-order valence-electron chi connectivity index (χ1n) is 6.07. The zero-order valence-corrected chi connectivity index (χ0v) is 9.47. The van der Waals surface area contributed by atoms with Crippen LogP contribution in [0, 0.1) is 5.92 Å². The van der Waals surface area contributed by atoms with Crippen molar-refractivity contribution in [1.82, 2.24) is 5.32 Å². The van der Waals surface area contributed by atoms with Crippen molar-refractivity contribution in [2.75, 3.05) is 0 Å². The summed E-state index contributed by atoms with van der Waals surface area (Å²) in [5, 5.41) is 3.82. The van der Waals surface area contributed by atoms with Crippen LogP contribution in [0.15, 0.2) is 0 Å². The fraction of sp³-hybridized carbons (Fsp3) is 1.00. The van der Waals surface area contributed by atoms with Crippen molar-refractivity contribution in [2.24, 2.45) is 5.92 Å². The van der Waals surface area contributed by atoms with E-state index in [-0.39, 0.29) is 0 Å². The van der Waals surface area contributed by atoms with Crippen LogP contribution < -0.4 is 5.32 Å². The molecule has 1 nitrogen and oxygen atoms in total. The van der Waals surface area contributed by atoms with Gasteiger partial charge in [0.05, 0.1) is 0 Å². The molecule has 0 heterocycles. The van der Waals surface area contributed by atoms with Crippen molar-refractivity contribution in [3.05, 3.63) is 0 Å². The van der Waals surface area contributed by atoms with Gasteiger partial charge in [0.1, 0.15) is 0 Å². The lowest BCUT2D eigenvalue weighted by Gasteiger charge is -2.23. The van der Waals surface area contributed by atoms with Crippen LogP contribution in [0.3, 0.4) is 0 Å². The van der Waals surface area contributed by atoms with Gasteiger partial charge < -0.3 is 5.32 Å². The molecule has 0 radical (unpaired) electrons. The molecule has 0 bridgehead atoms. The maximum atomic E-state index is 3.82. The van der Waals surface area contributed by atoms with Gasteiger partial charge in [0.15, 0.2) is 0 Å². The molecule has 0 aliphatic heterocycles. The molecule has 0 spiro atoms. The Kier molecular flexibility index (Phi) is 4.79. The van der Waals surface area contributed by atoms with E-state index in [0.717, 1.165) is 18.0 Å². The van der Waals surface area contributed by atoms with E-state index in [0.29, 0.717) is 0 Å². The second-order valence-electron chi connectivity index (χ2n) is 4.41. The molecule has 1 N–H and O–H groups in total. The fourth-order valence-electron chi connectivity index (χ4n) is 2.14. The van der Waals surface area contributed by atoms with Gasteiger partial charge in [0.2, 0.25) is 0 Å². The minimum Gasteiger partial charge on any atom is -0.311 e. The molecule has 0 saturated heterocycles. The number of nitrogens with one attached hydrogen (secondary N) is 1. The standard InChI is InChI=1S/C12H25N/c1-4-7-11(5-2)13-12(6-3)10-8-9-10/h10-13H,4-9H2,1-3H3. The lowest BCUT2D eigenvalue weighted by atomic mass is 10.0. The zero-order chi connectivity index (χ0) is 9.68. The molecule has 78 valence electrons. The maximum Gasteiger partial charge on any atom is 0.00952 e. The number of rotatable bonds is 7. The molecule has 2 unspecified atom stereocenters. The summed E-state index contributed by atoms with van der Waals surface area (Å²) in [6.07, 6.45) is 8.19. The third-order valence-corrected chi connectivity index (χ3v) is 3.21. The van der Waals surface area contributed by atoms with Gasteiger partial charge in [0, 0.05) is 12.1 Å². The minimum absolute atomic E-state index is 0.774. The lowest BCUT2D eigenvalue weighted by Crippen LogP contribution is -2.38. The summed E-state index contributed by atoms with van der Waals surface area (Å²) in [5.74, 6) is 1.01. The molecular weight excluding hydrogens is 158 g/mol. The molecule has 0 aromatic rings. The number of hydrogen-bond donors (Lipinski definition) is 1. The average molecular weight is 183 g/mol. The van der Waals surface area contributed by atoms with Crippen molar-refractivity contribution < 1.29 is 0 Å². The lowest BCUT2D eigenvalue weighted by molar-refractivity contribution is 0.361. The quantitative estimate of drug-likeness (QED) is 0.638. The zero-order valence-electron chi connectivity index (χ0n) is 9.47. The van der Waals surface area contributed by atoms with Gasteiger partial charge in [-0.15, -0.1) is 0 Å². The first kappa shape index (κ1) is 11.0. The van der Waals surface area contributed by atoms with Crippen molar-refractivity contribution in [1.29, 1.82) is 0 Å². The smallest absolute Gasteiger partial charge is 0.00952 e. The Morgan fingerprint density at radius 3 is 2.23 bits per heavy atom. The van der Waals surface area contributed by atoms with Gasteiger partial charge >= 0.3 is 0 Å². The third kappa shape index (κ3) is 3.68. The predicted molar refractivity (Wildman–Crippen MR) is 58.9 cm³/mol. The molecule has 2 atom stereocenters. The summed E-state index contributed by atoms with van der Waals surface area (Å²) in [6.45, 7) is 6.89. The third-order valence-electron chi connectivity index (χ3n) is 3.21. The normalized spacial score (nSPS) is 21.5. The van der Waals surface area contributed by atoms with Gasteiger partial charge in [-0.2, -0.15) is 0 Å². The van der Waals surface area contributed by atoms with Gasteiger partial charge in [0.25, 0.3) is 0 Å². The average Bonchev–Trinajstić information content (AvgIpc) is 2.95. The molecule has 13 heavy (non-hydrogen) atoms. The monoisotopic (exact) mass is 183 g/mol. The van der Waals surface area contributed by atoms with Crippen molar-refractivity contribution in [3.8, 4) is 0 Å². The predicted octanol–water partition coefficient (Wildman–Crippen LogP) is 3.34. The Morgan fingerprint density at radius 2 is 1.85 bits per heavy atom. The molecular formula is C12H25N. The van der Waals surface area contributed by atoms with E-state index < -0.39 is 0 Å². The Labute approximate surface area is 83.3 Å². The van der Waals surface area contributed by atoms with Crippen LogP contribution in [0.2, 0.25) is 0 Å². The van der Waals surface area contributed by atoms with Crippen LogP contribution in [-0.4, -0.2) is 12.1 Å². The summed E-state index contributed by atoms with van der Waals surface area (Å²) in [4.78, 5) is 0. The fourth-order valence-corrected chi connectivity index (χ4v) is 2.14. The van der Waals surface area contributed by atoms with Gasteiger partial charge in [-0.05, 0) is 38.0 Å². The van der Waals surface area contributed by atoms with Gasteiger partial charge in [-0.1, -0.05) is 27.2 Å².